The summed E-state index contributed by atoms with van der Waals surface area (Å²) >= 11 is 0. The fourth-order valence-corrected chi connectivity index (χ4v) is 3.25. The van der Waals surface area contributed by atoms with Crippen molar-refractivity contribution < 1.29 is 9.53 Å². The molecule has 29 heavy (non-hydrogen) atoms. The van der Waals surface area contributed by atoms with Gasteiger partial charge in [-0.3, -0.25) is 4.79 Å². The van der Waals surface area contributed by atoms with Crippen LogP contribution >= 0.6 is 0 Å². The number of aliphatic imine (C=N–C) groups is 1. The van der Waals surface area contributed by atoms with Gasteiger partial charge in [0, 0.05) is 52.6 Å². The van der Waals surface area contributed by atoms with E-state index in [0.717, 1.165) is 39.1 Å². The number of carbonyl (C=O) groups is 1. The summed E-state index contributed by atoms with van der Waals surface area (Å²) in [5, 5.41) is 6.72. The molecule has 1 heterocycles. The Bertz CT molecular complexity index is 656. The molecule has 0 spiro atoms. The molecule has 2 N–H and O–H groups in total. The molecule has 1 aliphatic rings. The maximum atomic E-state index is 11.9. The molecular formula is C22H37N5O2. The standard InChI is InChI=1S/C22H37N5O2/c1-5-27(19-10-8-9-18(2)15-19)13-12-23-22(25-17-21(28)26(3)4)24-16-20-11-6-7-14-29-20/h8-10,15,20H,5-7,11-14,16-17H2,1-4H3,(H2,23,24,25). The first kappa shape index (κ1) is 23.0. The van der Waals surface area contributed by atoms with Gasteiger partial charge >= 0.3 is 0 Å². The summed E-state index contributed by atoms with van der Waals surface area (Å²) in [6.07, 6.45) is 3.61. The molecule has 0 saturated carbocycles. The highest BCUT2D eigenvalue weighted by molar-refractivity contribution is 5.84. The van der Waals surface area contributed by atoms with E-state index in [0.29, 0.717) is 12.5 Å². The van der Waals surface area contributed by atoms with Crippen molar-refractivity contribution >= 4 is 17.6 Å². The molecule has 0 bridgehead atoms. The first-order valence-electron chi connectivity index (χ1n) is 10.6. The Morgan fingerprint density at radius 2 is 2.10 bits per heavy atom. The molecule has 1 atom stereocenters. The molecule has 1 aliphatic heterocycles. The van der Waals surface area contributed by atoms with Crippen molar-refractivity contribution in [2.45, 2.75) is 39.2 Å². The van der Waals surface area contributed by atoms with Gasteiger partial charge in [-0.2, -0.15) is 0 Å². The molecule has 2 rings (SSSR count). The summed E-state index contributed by atoms with van der Waals surface area (Å²) < 4.78 is 5.79. The van der Waals surface area contributed by atoms with E-state index in [1.165, 1.54) is 17.7 Å². The first-order chi connectivity index (χ1) is 14.0. The van der Waals surface area contributed by atoms with Crippen LogP contribution in [0, 0.1) is 6.92 Å². The molecule has 0 aromatic heterocycles. The average Bonchev–Trinajstić information content (AvgIpc) is 2.73. The number of rotatable bonds is 9. The molecule has 7 nitrogen and oxygen atoms in total. The lowest BCUT2D eigenvalue weighted by Gasteiger charge is -2.26. The summed E-state index contributed by atoms with van der Waals surface area (Å²) in [6, 6.07) is 8.54. The van der Waals surface area contributed by atoms with Crippen molar-refractivity contribution in [3.63, 3.8) is 0 Å². The minimum absolute atomic E-state index is 0.0186. The van der Waals surface area contributed by atoms with Crippen molar-refractivity contribution in [1.82, 2.24) is 15.5 Å². The van der Waals surface area contributed by atoms with E-state index >= 15 is 0 Å². The average molecular weight is 404 g/mol. The van der Waals surface area contributed by atoms with Crippen LogP contribution in [-0.4, -0.2) is 76.3 Å². The molecule has 162 valence electrons. The Labute approximate surface area is 175 Å². The Morgan fingerprint density at radius 3 is 2.76 bits per heavy atom. The van der Waals surface area contributed by atoms with Gasteiger partial charge in [0.05, 0.1) is 6.10 Å². The van der Waals surface area contributed by atoms with Crippen LogP contribution in [-0.2, 0) is 9.53 Å². The van der Waals surface area contributed by atoms with Crippen molar-refractivity contribution in [2.24, 2.45) is 4.99 Å². The maximum Gasteiger partial charge on any atom is 0.243 e. The molecule has 1 fully saturated rings. The predicted molar refractivity (Wildman–Crippen MR) is 120 cm³/mol. The number of ether oxygens (including phenoxy) is 1. The minimum atomic E-state index is -0.0186. The van der Waals surface area contributed by atoms with E-state index in [-0.39, 0.29) is 18.6 Å². The largest absolute Gasteiger partial charge is 0.376 e. The van der Waals surface area contributed by atoms with Crippen molar-refractivity contribution in [3.05, 3.63) is 29.8 Å². The van der Waals surface area contributed by atoms with Crippen molar-refractivity contribution in [1.29, 1.82) is 0 Å². The Kier molecular flexibility index (Phi) is 9.77. The van der Waals surface area contributed by atoms with E-state index < -0.39 is 0 Å². The molecule has 1 aromatic carbocycles. The van der Waals surface area contributed by atoms with Crippen LogP contribution in [0.15, 0.2) is 29.3 Å². The second-order valence-corrected chi connectivity index (χ2v) is 7.67. The minimum Gasteiger partial charge on any atom is -0.376 e. The number of benzene rings is 1. The highest BCUT2D eigenvalue weighted by Crippen LogP contribution is 2.15. The predicted octanol–water partition coefficient (Wildman–Crippen LogP) is 2.01. The molecule has 1 saturated heterocycles. The van der Waals surface area contributed by atoms with Crippen LogP contribution in [0.25, 0.3) is 0 Å². The Morgan fingerprint density at radius 1 is 1.28 bits per heavy atom. The third-order valence-corrected chi connectivity index (χ3v) is 5.07. The molecule has 0 aliphatic carbocycles. The van der Waals surface area contributed by atoms with Gasteiger partial charge in [-0.1, -0.05) is 12.1 Å². The van der Waals surface area contributed by atoms with Gasteiger partial charge < -0.3 is 25.2 Å². The highest BCUT2D eigenvalue weighted by Gasteiger charge is 2.14. The van der Waals surface area contributed by atoms with Gasteiger partial charge in [0.1, 0.15) is 6.54 Å². The second kappa shape index (κ2) is 12.3. The Balaban J connectivity index is 1.90. The lowest BCUT2D eigenvalue weighted by molar-refractivity contribution is -0.127. The number of hydrogen-bond acceptors (Lipinski definition) is 4. The third kappa shape index (κ3) is 8.31. The molecule has 1 amide bonds. The van der Waals surface area contributed by atoms with Crippen LogP contribution in [0.5, 0.6) is 0 Å². The molecular weight excluding hydrogens is 366 g/mol. The van der Waals surface area contributed by atoms with Crippen LogP contribution in [0.4, 0.5) is 5.69 Å². The van der Waals surface area contributed by atoms with Gasteiger partial charge in [0.25, 0.3) is 0 Å². The van der Waals surface area contributed by atoms with E-state index in [1.807, 2.05) is 0 Å². The van der Waals surface area contributed by atoms with Gasteiger partial charge in [-0.25, -0.2) is 4.99 Å². The number of hydrogen-bond donors (Lipinski definition) is 2. The topological polar surface area (TPSA) is 69.2 Å². The number of amides is 1. The van der Waals surface area contributed by atoms with Crippen LogP contribution < -0.4 is 15.5 Å². The zero-order valence-corrected chi connectivity index (χ0v) is 18.4. The molecule has 7 heteroatoms. The fraction of sp³-hybridized carbons (Fsp3) is 0.636. The normalized spacial score (nSPS) is 17.0. The number of nitrogens with one attached hydrogen (secondary N) is 2. The number of nitrogens with zero attached hydrogens (tertiary/aromatic N) is 3. The highest BCUT2D eigenvalue weighted by atomic mass is 16.5. The van der Waals surface area contributed by atoms with Gasteiger partial charge in [-0.05, 0) is 50.8 Å². The van der Waals surface area contributed by atoms with Crippen LogP contribution in [0.2, 0.25) is 0 Å². The summed E-state index contributed by atoms with van der Waals surface area (Å²) in [4.78, 5) is 20.3. The number of anilines is 1. The second-order valence-electron chi connectivity index (χ2n) is 7.67. The van der Waals surface area contributed by atoms with E-state index in [1.54, 1.807) is 19.0 Å². The summed E-state index contributed by atoms with van der Waals surface area (Å²) in [5.41, 5.74) is 2.48. The zero-order valence-electron chi connectivity index (χ0n) is 18.4. The smallest absolute Gasteiger partial charge is 0.243 e. The first-order valence-corrected chi connectivity index (χ1v) is 10.6. The van der Waals surface area contributed by atoms with E-state index in [2.05, 4.69) is 58.6 Å². The van der Waals surface area contributed by atoms with Gasteiger partial charge in [-0.15, -0.1) is 0 Å². The van der Waals surface area contributed by atoms with Crippen molar-refractivity contribution in [2.75, 3.05) is 58.3 Å². The van der Waals surface area contributed by atoms with Crippen molar-refractivity contribution in [3.8, 4) is 0 Å². The number of guanidine groups is 1. The van der Waals surface area contributed by atoms with Crippen LogP contribution in [0.1, 0.15) is 31.7 Å². The third-order valence-electron chi connectivity index (χ3n) is 5.07. The lowest BCUT2D eigenvalue weighted by Crippen LogP contribution is -2.45. The SMILES string of the molecule is CCN(CCNC(=NCC(=O)N(C)C)NCC1CCCCO1)c1cccc(C)c1. The Hall–Kier alpha value is -2.28. The summed E-state index contributed by atoms with van der Waals surface area (Å²) in [7, 11) is 3.49. The zero-order chi connectivity index (χ0) is 21.1. The number of likely N-dealkylation sites (N-methyl/N-ethyl adjacent to an activating group) is 2. The van der Waals surface area contributed by atoms with Gasteiger partial charge in [0.15, 0.2) is 5.96 Å². The number of aryl methyl sites for hydroxylation is 1. The summed E-state index contributed by atoms with van der Waals surface area (Å²) in [5.74, 6) is 0.643. The maximum absolute atomic E-state index is 11.9. The quantitative estimate of drug-likeness (QED) is 0.488. The number of carbonyl (C=O) groups excluding carboxylic acids is 1. The van der Waals surface area contributed by atoms with E-state index in [4.69, 9.17) is 4.74 Å². The van der Waals surface area contributed by atoms with Gasteiger partial charge in [0.2, 0.25) is 5.91 Å². The lowest BCUT2D eigenvalue weighted by atomic mass is 10.1. The molecule has 0 radical (unpaired) electrons. The summed E-state index contributed by atoms with van der Waals surface area (Å²) in [6.45, 7) is 8.44. The molecule has 1 aromatic rings. The molecule has 1 unspecified atom stereocenters. The fourth-order valence-electron chi connectivity index (χ4n) is 3.25. The monoisotopic (exact) mass is 403 g/mol. The van der Waals surface area contributed by atoms with E-state index in [9.17, 15) is 4.79 Å². The van der Waals surface area contributed by atoms with Crippen LogP contribution in [0.3, 0.4) is 0 Å².